The molecule has 4 nitrogen and oxygen atoms in total. The third-order valence-electron chi connectivity index (χ3n) is 2.53. The Labute approximate surface area is 106 Å². The molecular formula is C13H29NO3. The quantitative estimate of drug-likeness (QED) is 0.448. The molecule has 0 aromatic rings. The third-order valence-corrected chi connectivity index (χ3v) is 2.53. The van der Waals surface area contributed by atoms with E-state index in [1.165, 1.54) is 32.1 Å². The van der Waals surface area contributed by atoms with E-state index in [1.807, 2.05) is 0 Å². The SMILES string of the molecule is CCCCCCCCCC(=O)OCCOC.N. The van der Waals surface area contributed by atoms with Crippen molar-refractivity contribution < 1.29 is 14.3 Å². The molecule has 0 saturated carbocycles. The van der Waals surface area contributed by atoms with Gasteiger partial charge in [0.05, 0.1) is 6.61 Å². The Bertz CT molecular complexity index is 163. The fourth-order valence-electron chi connectivity index (χ4n) is 1.54. The number of carbonyl (C=O) groups excluding carboxylic acids is 1. The van der Waals surface area contributed by atoms with Gasteiger partial charge in [-0.05, 0) is 6.42 Å². The summed E-state index contributed by atoms with van der Waals surface area (Å²) in [5, 5.41) is 0. The van der Waals surface area contributed by atoms with Crippen LogP contribution in [0.25, 0.3) is 0 Å². The van der Waals surface area contributed by atoms with Crippen molar-refractivity contribution in [2.75, 3.05) is 20.3 Å². The lowest BCUT2D eigenvalue weighted by molar-refractivity contribution is -0.145. The molecule has 0 heterocycles. The summed E-state index contributed by atoms with van der Waals surface area (Å²) in [6.07, 6.45) is 9.14. The van der Waals surface area contributed by atoms with Gasteiger partial charge in [-0.3, -0.25) is 4.79 Å². The van der Waals surface area contributed by atoms with Crippen LogP contribution in [0, 0.1) is 0 Å². The van der Waals surface area contributed by atoms with Gasteiger partial charge in [-0.2, -0.15) is 0 Å². The molecule has 17 heavy (non-hydrogen) atoms. The largest absolute Gasteiger partial charge is 0.463 e. The summed E-state index contributed by atoms with van der Waals surface area (Å²) in [4.78, 5) is 11.2. The second-order valence-corrected chi connectivity index (χ2v) is 4.08. The number of carbonyl (C=O) groups is 1. The normalized spacial score (nSPS) is 9.76. The Morgan fingerprint density at radius 3 is 2.12 bits per heavy atom. The van der Waals surface area contributed by atoms with Crippen molar-refractivity contribution in [2.24, 2.45) is 0 Å². The number of esters is 1. The zero-order chi connectivity index (χ0) is 12.1. The number of rotatable bonds is 11. The second kappa shape index (κ2) is 15.4. The Kier molecular flexibility index (Phi) is 17.0. The predicted molar refractivity (Wildman–Crippen MR) is 70.5 cm³/mol. The summed E-state index contributed by atoms with van der Waals surface area (Å²) >= 11 is 0. The van der Waals surface area contributed by atoms with E-state index < -0.39 is 0 Å². The lowest BCUT2D eigenvalue weighted by atomic mass is 10.1. The van der Waals surface area contributed by atoms with Gasteiger partial charge in [0.2, 0.25) is 0 Å². The Morgan fingerprint density at radius 2 is 1.53 bits per heavy atom. The van der Waals surface area contributed by atoms with Gasteiger partial charge in [-0.15, -0.1) is 0 Å². The maximum atomic E-state index is 11.2. The summed E-state index contributed by atoms with van der Waals surface area (Å²) in [7, 11) is 1.60. The highest BCUT2D eigenvalue weighted by Gasteiger charge is 2.01. The molecule has 0 fully saturated rings. The van der Waals surface area contributed by atoms with Gasteiger partial charge < -0.3 is 15.6 Å². The molecular weight excluding hydrogens is 218 g/mol. The second-order valence-electron chi connectivity index (χ2n) is 4.08. The van der Waals surface area contributed by atoms with Crippen LogP contribution in [0.1, 0.15) is 58.3 Å². The molecule has 0 aromatic carbocycles. The van der Waals surface area contributed by atoms with Crippen LogP contribution in [-0.4, -0.2) is 26.3 Å². The van der Waals surface area contributed by atoms with Crippen LogP contribution in [0.15, 0.2) is 0 Å². The van der Waals surface area contributed by atoms with Crippen LogP contribution in [0.4, 0.5) is 0 Å². The third kappa shape index (κ3) is 15.4. The van der Waals surface area contributed by atoms with Crippen LogP contribution in [-0.2, 0) is 14.3 Å². The van der Waals surface area contributed by atoms with Gasteiger partial charge in [0, 0.05) is 13.5 Å². The van der Waals surface area contributed by atoms with Crippen molar-refractivity contribution in [2.45, 2.75) is 58.3 Å². The molecule has 4 heteroatoms. The zero-order valence-electron chi connectivity index (χ0n) is 11.5. The topological polar surface area (TPSA) is 70.5 Å². The van der Waals surface area contributed by atoms with E-state index in [0.717, 1.165) is 12.8 Å². The number of ether oxygens (including phenoxy) is 2. The standard InChI is InChI=1S/C13H26O3.H3N/c1-3-4-5-6-7-8-9-10-13(14)16-12-11-15-2;/h3-12H2,1-2H3;1H3. The van der Waals surface area contributed by atoms with Crippen molar-refractivity contribution in [3.63, 3.8) is 0 Å². The van der Waals surface area contributed by atoms with Crippen molar-refractivity contribution in [1.29, 1.82) is 0 Å². The van der Waals surface area contributed by atoms with Gasteiger partial charge in [0.15, 0.2) is 0 Å². The summed E-state index contributed by atoms with van der Waals surface area (Å²) in [6.45, 7) is 3.09. The van der Waals surface area contributed by atoms with Gasteiger partial charge in [0.1, 0.15) is 6.61 Å². The van der Waals surface area contributed by atoms with Crippen molar-refractivity contribution in [1.82, 2.24) is 6.15 Å². The molecule has 0 unspecified atom stereocenters. The first kappa shape index (κ1) is 18.7. The summed E-state index contributed by atoms with van der Waals surface area (Å²) in [5.41, 5.74) is 0. The Hall–Kier alpha value is -0.610. The zero-order valence-corrected chi connectivity index (χ0v) is 11.5. The average molecular weight is 247 g/mol. The van der Waals surface area contributed by atoms with E-state index in [4.69, 9.17) is 9.47 Å². The first-order valence-electron chi connectivity index (χ1n) is 6.45. The van der Waals surface area contributed by atoms with Gasteiger partial charge in [-0.25, -0.2) is 0 Å². The molecule has 0 atom stereocenters. The number of unbranched alkanes of at least 4 members (excludes halogenated alkanes) is 6. The van der Waals surface area contributed by atoms with Crippen LogP contribution in [0.2, 0.25) is 0 Å². The smallest absolute Gasteiger partial charge is 0.305 e. The van der Waals surface area contributed by atoms with Gasteiger partial charge >= 0.3 is 5.97 Å². The first-order valence-corrected chi connectivity index (χ1v) is 6.45. The molecule has 0 aromatic heterocycles. The van der Waals surface area contributed by atoms with Crippen molar-refractivity contribution in [3.05, 3.63) is 0 Å². The van der Waals surface area contributed by atoms with E-state index >= 15 is 0 Å². The maximum Gasteiger partial charge on any atom is 0.305 e. The summed E-state index contributed by atoms with van der Waals surface area (Å²) < 4.78 is 9.76. The van der Waals surface area contributed by atoms with Crippen LogP contribution < -0.4 is 6.15 Å². The van der Waals surface area contributed by atoms with Crippen molar-refractivity contribution >= 4 is 5.97 Å². The molecule has 0 bridgehead atoms. The molecule has 0 saturated heterocycles. The fraction of sp³-hybridized carbons (Fsp3) is 0.923. The summed E-state index contributed by atoms with van der Waals surface area (Å²) in [6, 6.07) is 0. The molecule has 0 rings (SSSR count). The van der Waals surface area contributed by atoms with Crippen LogP contribution >= 0.6 is 0 Å². The highest BCUT2D eigenvalue weighted by atomic mass is 16.6. The lowest BCUT2D eigenvalue weighted by Gasteiger charge is -2.04. The maximum absolute atomic E-state index is 11.2. The van der Waals surface area contributed by atoms with Gasteiger partial charge in [-0.1, -0.05) is 45.4 Å². The van der Waals surface area contributed by atoms with E-state index in [-0.39, 0.29) is 12.1 Å². The molecule has 104 valence electrons. The molecule has 0 aliphatic heterocycles. The highest BCUT2D eigenvalue weighted by Crippen LogP contribution is 2.08. The first-order chi connectivity index (χ1) is 7.81. The predicted octanol–water partition coefficient (Wildman–Crippen LogP) is 3.48. The summed E-state index contributed by atoms with van der Waals surface area (Å²) in [5.74, 6) is -0.0920. The highest BCUT2D eigenvalue weighted by molar-refractivity contribution is 5.69. The van der Waals surface area contributed by atoms with Gasteiger partial charge in [0.25, 0.3) is 0 Å². The van der Waals surface area contributed by atoms with E-state index in [0.29, 0.717) is 19.6 Å². The van der Waals surface area contributed by atoms with Crippen molar-refractivity contribution in [3.8, 4) is 0 Å². The molecule has 0 aliphatic carbocycles. The number of hydrogen-bond acceptors (Lipinski definition) is 4. The minimum Gasteiger partial charge on any atom is -0.463 e. The molecule has 0 spiro atoms. The molecule has 3 N–H and O–H groups in total. The Balaban J connectivity index is 0. The minimum absolute atomic E-state index is 0. The molecule has 0 radical (unpaired) electrons. The monoisotopic (exact) mass is 247 g/mol. The number of methoxy groups -OCH3 is 1. The Morgan fingerprint density at radius 1 is 0.941 bits per heavy atom. The van der Waals surface area contributed by atoms with E-state index in [9.17, 15) is 4.79 Å². The molecule has 0 amide bonds. The number of hydrogen-bond donors (Lipinski definition) is 1. The van der Waals surface area contributed by atoms with E-state index in [2.05, 4.69) is 6.92 Å². The lowest BCUT2D eigenvalue weighted by Crippen LogP contribution is -2.09. The van der Waals surface area contributed by atoms with E-state index in [1.54, 1.807) is 7.11 Å². The minimum atomic E-state index is -0.0920. The fourth-order valence-corrected chi connectivity index (χ4v) is 1.54. The van der Waals surface area contributed by atoms with Crippen LogP contribution in [0.3, 0.4) is 0 Å². The van der Waals surface area contributed by atoms with Crippen LogP contribution in [0.5, 0.6) is 0 Å². The molecule has 0 aliphatic rings. The average Bonchev–Trinajstić information content (AvgIpc) is 2.28.